The van der Waals surface area contributed by atoms with Crippen molar-refractivity contribution in [3.8, 4) is 5.75 Å². The largest absolute Gasteiger partial charge is 0.486 e. The molecular formula is C18H18BrNO2. The summed E-state index contributed by atoms with van der Waals surface area (Å²) < 4.78 is 12.6. The molecule has 3 aromatic rings. The molecule has 1 aromatic heterocycles. The quantitative estimate of drug-likeness (QED) is 0.695. The first kappa shape index (κ1) is 15.1. The van der Waals surface area contributed by atoms with Crippen LogP contribution in [0.4, 0.5) is 0 Å². The summed E-state index contributed by atoms with van der Waals surface area (Å²) in [7, 11) is 0. The van der Waals surface area contributed by atoms with Crippen LogP contribution >= 0.6 is 15.9 Å². The van der Waals surface area contributed by atoms with E-state index in [2.05, 4.69) is 34.1 Å². The Labute approximate surface area is 138 Å². The van der Waals surface area contributed by atoms with Crippen molar-refractivity contribution < 1.29 is 9.15 Å². The lowest BCUT2D eigenvalue weighted by atomic mass is 10.1. The Balaban J connectivity index is 1.65. The smallest absolute Gasteiger partial charge is 0.146 e. The predicted octanol–water partition coefficient (Wildman–Crippen LogP) is 4.67. The average molecular weight is 360 g/mol. The minimum Gasteiger partial charge on any atom is -0.486 e. The Bertz CT molecular complexity index is 767. The van der Waals surface area contributed by atoms with Crippen molar-refractivity contribution in [1.82, 2.24) is 0 Å². The molecule has 4 heteroatoms. The van der Waals surface area contributed by atoms with Gasteiger partial charge in [0, 0.05) is 10.9 Å². The van der Waals surface area contributed by atoms with Gasteiger partial charge in [-0.1, -0.05) is 28.1 Å². The zero-order chi connectivity index (χ0) is 15.4. The maximum atomic E-state index is 5.82. The molecule has 0 aliphatic carbocycles. The minimum atomic E-state index is 0.435. The lowest BCUT2D eigenvalue weighted by molar-refractivity contribution is 0.266. The van der Waals surface area contributed by atoms with Gasteiger partial charge in [-0.3, -0.25) is 0 Å². The highest BCUT2D eigenvalue weighted by Gasteiger charge is 2.04. The number of rotatable bonds is 6. The molecule has 22 heavy (non-hydrogen) atoms. The van der Waals surface area contributed by atoms with Gasteiger partial charge < -0.3 is 14.9 Å². The van der Waals surface area contributed by atoms with Gasteiger partial charge in [-0.15, -0.1) is 0 Å². The van der Waals surface area contributed by atoms with Crippen molar-refractivity contribution >= 4 is 26.7 Å². The lowest BCUT2D eigenvalue weighted by Gasteiger charge is -2.06. The molecule has 114 valence electrons. The van der Waals surface area contributed by atoms with E-state index in [-0.39, 0.29) is 0 Å². The van der Waals surface area contributed by atoms with E-state index in [1.165, 1.54) is 5.39 Å². The van der Waals surface area contributed by atoms with Crippen molar-refractivity contribution in [3.63, 3.8) is 0 Å². The van der Waals surface area contributed by atoms with Gasteiger partial charge in [0.25, 0.3) is 0 Å². The second-order valence-corrected chi connectivity index (χ2v) is 6.12. The monoisotopic (exact) mass is 359 g/mol. The molecule has 3 nitrogen and oxygen atoms in total. The van der Waals surface area contributed by atoms with Crippen LogP contribution in [0, 0.1) is 0 Å². The van der Waals surface area contributed by atoms with Crippen LogP contribution in [-0.4, -0.2) is 6.54 Å². The first-order valence-electron chi connectivity index (χ1n) is 7.34. The van der Waals surface area contributed by atoms with Crippen LogP contribution < -0.4 is 10.5 Å². The highest BCUT2D eigenvalue weighted by atomic mass is 79.9. The molecule has 0 fully saturated rings. The Morgan fingerprint density at radius 1 is 0.955 bits per heavy atom. The number of hydrogen-bond acceptors (Lipinski definition) is 3. The van der Waals surface area contributed by atoms with Crippen molar-refractivity contribution in [2.24, 2.45) is 5.73 Å². The molecule has 3 rings (SSSR count). The fourth-order valence-electron chi connectivity index (χ4n) is 2.35. The second kappa shape index (κ2) is 6.99. The number of halogens is 1. The Kier molecular flexibility index (Phi) is 4.80. The van der Waals surface area contributed by atoms with E-state index in [0.29, 0.717) is 13.2 Å². The van der Waals surface area contributed by atoms with E-state index < -0.39 is 0 Å². The van der Waals surface area contributed by atoms with Crippen LogP contribution in [0.1, 0.15) is 17.9 Å². The summed E-state index contributed by atoms with van der Waals surface area (Å²) in [6.07, 6.45) is 1.81. The summed E-state index contributed by atoms with van der Waals surface area (Å²) in [6.45, 7) is 1.12. The van der Waals surface area contributed by atoms with Crippen molar-refractivity contribution in [2.75, 3.05) is 6.54 Å². The molecule has 2 aromatic carbocycles. The van der Waals surface area contributed by atoms with Gasteiger partial charge in [-0.2, -0.15) is 0 Å². The van der Waals surface area contributed by atoms with E-state index in [1.807, 2.05) is 30.3 Å². The summed E-state index contributed by atoms with van der Waals surface area (Å²) in [5.41, 5.74) is 5.50. The lowest BCUT2D eigenvalue weighted by Crippen LogP contribution is -1.99. The van der Waals surface area contributed by atoms with Crippen LogP contribution in [0.3, 0.4) is 0 Å². The van der Waals surface area contributed by atoms with Gasteiger partial charge >= 0.3 is 0 Å². The fraction of sp³-hybridized carbons (Fsp3) is 0.222. The molecule has 0 saturated heterocycles. The van der Waals surface area contributed by atoms with Gasteiger partial charge in [0.2, 0.25) is 0 Å². The van der Waals surface area contributed by atoms with E-state index in [0.717, 1.165) is 40.0 Å². The Hall–Kier alpha value is -1.78. The first-order chi connectivity index (χ1) is 10.7. The summed E-state index contributed by atoms with van der Waals surface area (Å²) in [5.74, 6) is 2.64. The third-order valence-electron chi connectivity index (χ3n) is 3.50. The summed E-state index contributed by atoms with van der Waals surface area (Å²) in [5, 5.41) is 2.34. The molecule has 0 radical (unpaired) electrons. The van der Waals surface area contributed by atoms with Crippen LogP contribution in [0.15, 0.2) is 57.4 Å². The highest BCUT2D eigenvalue weighted by Crippen LogP contribution is 2.24. The molecule has 0 aliphatic heterocycles. The SMILES string of the molecule is NCCCc1ccc(COc2ccc3cc(Br)ccc3c2)o1. The number of ether oxygens (including phenoxy) is 1. The van der Waals surface area contributed by atoms with Gasteiger partial charge in [-0.05, 0) is 60.1 Å². The molecule has 0 amide bonds. The molecule has 0 unspecified atom stereocenters. The van der Waals surface area contributed by atoms with Crippen molar-refractivity contribution in [1.29, 1.82) is 0 Å². The zero-order valence-electron chi connectivity index (χ0n) is 12.2. The second-order valence-electron chi connectivity index (χ2n) is 5.20. The number of nitrogens with two attached hydrogens (primary N) is 1. The van der Waals surface area contributed by atoms with Crippen LogP contribution in [0.5, 0.6) is 5.75 Å². The summed E-state index contributed by atoms with van der Waals surface area (Å²) >= 11 is 3.48. The number of fused-ring (bicyclic) bond motifs is 1. The Morgan fingerprint density at radius 3 is 2.59 bits per heavy atom. The number of aryl methyl sites for hydroxylation is 1. The topological polar surface area (TPSA) is 48.4 Å². The van der Waals surface area contributed by atoms with E-state index in [1.54, 1.807) is 0 Å². The fourth-order valence-corrected chi connectivity index (χ4v) is 2.73. The van der Waals surface area contributed by atoms with E-state index in [9.17, 15) is 0 Å². The highest BCUT2D eigenvalue weighted by molar-refractivity contribution is 9.10. The average Bonchev–Trinajstić information content (AvgIpc) is 2.98. The molecule has 0 aliphatic rings. The summed E-state index contributed by atoms with van der Waals surface area (Å²) in [4.78, 5) is 0. The third-order valence-corrected chi connectivity index (χ3v) is 3.99. The van der Waals surface area contributed by atoms with Crippen LogP contribution in [0.2, 0.25) is 0 Å². The molecule has 0 spiro atoms. The minimum absolute atomic E-state index is 0.435. The Morgan fingerprint density at radius 2 is 1.73 bits per heavy atom. The number of hydrogen-bond donors (Lipinski definition) is 1. The maximum Gasteiger partial charge on any atom is 0.146 e. The normalized spacial score (nSPS) is 11.0. The number of furan rings is 1. The molecule has 0 atom stereocenters. The van der Waals surface area contributed by atoms with E-state index in [4.69, 9.17) is 14.9 Å². The van der Waals surface area contributed by atoms with Crippen molar-refractivity contribution in [3.05, 3.63) is 64.5 Å². The molecule has 0 saturated carbocycles. The van der Waals surface area contributed by atoms with Gasteiger partial charge in [0.05, 0.1) is 0 Å². The maximum absolute atomic E-state index is 5.82. The van der Waals surface area contributed by atoms with Crippen molar-refractivity contribution in [2.45, 2.75) is 19.4 Å². The first-order valence-corrected chi connectivity index (χ1v) is 8.14. The zero-order valence-corrected chi connectivity index (χ0v) is 13.8. The molecule has 1 heterocycles. The number of benzene rings is 2. The standard InChI is InChI=1S/C18H18BrNO2/c19-15-5-3-14-11-17(6-4-13(14)10-15)21-12-18-8-7-16(22-18)2-1-9-20/h3-8,10-11H,1-2,9,12,20H2. The van der Waals surface area contributed by atoms with Gasteiger partial charge in [-0.25, -0.2) is 0 Å². The molecule has 0 bridgehead atoms. The van der Waals surface area contributed by atoms with Crippen LogP contribution in [-0.2, 0) is 13.0 Å². The summed E-state index contributed by atoms with van der Waals surface area (Å²) in [6, 6.07) is 16.2. The van der Waals surface area contributed by atoms with Gasteiger partial charge in [0.15, 0.2) is 0 Å². The van der Waals surface area contributed by atoms with E-state index >= 15 is 0 Å². The molecule has 2 N–H and O–H groups in total. The van der Waals surface area contributed by atoms with Crippen LogP contribution in [0.25, 0.3) is 10.8 Å². The third kappa shape index (κ3) is 3.70. The predicted molar refractivity (Wildman–Crippen MR) is 92.1 cm³/mol. The molecular weight excluding hydrogens is 342 g/mol. The van der Waals surface area contributed by atoms with Gasteiger partial charge in [0.1, 0.15) is 23.9 Å².